The zero-order valence-electron chi connectivity index (χ0n) is 14.7. The average Bonchev–Trinajstić information content (AvgIpc) is 2.71. The van der Waals surface area contributed by atoms with Crippen molar-refractivity contribution in [2.45, 2.75) is 11.5 Å². The molecule has 0 amide bonds. The molecule has 140 valence electrons. The number of halogens is 1. The van der Waals surface area contributed by atoms with Gasteiger partial charge in [-0.1, -0.05) is 41.9 Å². The smallest absolute Gasteiger partial charge is 0.336 e. The van der Waals surface area contributed by atoms with Crippen molar-refractivity contribution in [1.82, 2.24) is 0 Å². The summed E-state index contributed by atoms with van der Waals surface area (Å²) in [6.07, 6.45) is 0. The standard InChI is InChI=1S/C22H15ClO4S/c23-16-6-8-17(9-7-16)28-13-21(25)26-12-15-11-20(24)27-19-10-5-14-3-1-2-4-18(14)22(15)19/h1-11H,12-13H2. The molecule has 0 spiro atoms. The topological polar surface area (TPSA) is 56.5 Å². The lowest BCUT2D eigenvalue weighted by Gasteiger charge is -2.09. The van der Waals surface area contributed by atoms with Gasteiger partial charge in [-0.2, -0.15) is 0 Å². The highest BCUT2D eigenvalue weighted by molar-refractivity contribution is 8.00. The van der Waals surface area contributed by atoms with Gasteiger partial charge in [-0.15, -0.1) is 11.8 Å². The molecule has 0 unspecified atom stereocenters. The van der Waals surface area contributed by atoms with Gasteiger partial charge in [0.15, 0.2) is 0 Å². The van der Waals surface area contributed by atoms with E-state index in [9.17, 15) is 9.59 Å². The molecule has 0 aliphatic heterocycles. The third kappa shape index (κ3) is 4.06. The van der Waals surface area contributed by atoms with Gasteiger partial charge in [-0.25, -0.2) is 4.79 Å². The summed E-state index contributed by atoms with van der Waals surface area (Å²) in [7, 11) is 0. The van der Waals surface area contributed by atoms with E-state index in [1.807, 2.05) is 42.5 Å². The van der Waals surface area contributed by atoms with E-state index in [0.29, 0.717) is 16.2 Å². The molecule has 0 saturated heterocycles. The molecule has 3 aromatic carbocycles. The second-order valence-corrected chi connectivity index (χ2v) is 7.64. The number of ether oxygens (including phenoxy) is 1. The van der Waals surface area contributed by atoms with E-state index in [1.165, 1.54) is 17.8 Å². The van der Waals surface area contributed by atoms with Crippen LogP contribution in [-0.2, 0) is 16.1 Å². The maximum Gasteiger partial charge on any atom is 0.336 e. The summed E-state index contributed by atoms with van der Waals surface area (Å²) in [5.41, 5.74) is 0.644. The van der Waals surface area contributed by atoms with Crippen molar-refractivity contribution in [3.63, 3.8) is 0 Å². The quantitative estimate of drug-likeness (QED) is 0.190. The second-order valence-electron chi connectivity index (χ2n) is 6.15. The summed E-state index contributed by atoms with van der Waals surface area (Å²) in [5, 5.41) is 3.41. The Morgan fingerprint density at radius 1 is 1.04 bits per heavy atom. The van der Waals surface area contributed by atoms with Crippen LogP contribution in [0.4, 0.5) is 0 Å². The van der Waals surface area contributed by atoms with Crippen molar-refractivity contribution < 1.29 is 13.9 Å². The number of carbonyl (C=O) groups is 1. The van der Waals surface area contributed by atoms with Crippen LogP contribution in [0.25, 0.3) is 21.7 Å². The molecule has 4 rings (SSSR count). The molecule has 0 N–H and O–H groups in total. The van der Waals surface area contributed by atoms with Gasteiger partial charge in [0, 0.05) is 26.9 Å². The van der Waals surface area contributed by atoms with Crippen LogP contribution in [0.3, 0.4) is 0 Å². The minimum atomic E-state index is -0.468. The largest absolute Gasteiger partial charge is 0.460 e. The van der Waals surface area contributed by atoms with Crippen LogP contribution in [0.2, 0.25) is 5.02 Å². The molecular weight excluding hydrogens is 396 g/mol. The van der Waals surface area contributed by atoms with Gasteiger partial charge in [-0.3, -0.25) is 4.79 Å². The van der Waals surface area contributed by atoms with Crippen LogP contribution in [-0.4, -0.2) is 11.7 Å². The molecule has 6 heteroatoms. The molecular formula is C22H15ClO4S. The lowest BCUT2D eigenvalue weighted by Crippen LogP contribution is -2.09. The molecule has 0 atom stereocenters. The van der Waals surface area contributed by atoms with E-state index < -0.39 is 5.63 Å². The van der Waals surface area contributed by atoms with Crippen molar-refractivity contribution in [1.29, 1.82) is 0 Å². The van der Waals surface area contributed by atoms with Crippen LogP contribution < -0.4 is 5.63 Å². The van der Waals surface area contributed by atoms with Gasteiger partial charge in [0.1, 0.15) is 12.2 Å². The van der Waals surface area contributed by atoms with E-state index in [1.54, 1.807) is 18.2 Å². The van der Waals surface area contributed by atoms with E-state index in [0.717, 1.165) is 21.1 Å². The number of rotatable bonds is 5. The number of hydrogen-bond donors (Lipinski definition) is 0. The molecule has 0 bridgehead atoms. The monoisotopic (exact) mass is 410 g/mol. The van der Waals surface area contributed by atoms with Crippen LogP contribution in [0.15, 0.2) is 80.8 Å². The predicted molar refractivity (Wildman–Crippen MR) is 112 cm³/mol. The van der Waals surface area contributed by atoms with Gasteiger partial charge >= 0.3 is 11.6 Å². The molecule has 0 fully saturated rings. The first kappa shape index (κ1) is 18.6. The maximum atomic E-state index is 12.2. The molecule has 28 heavy (non-hydrogen) atoms. The highest BCUT2D eigenvalue weighted by Gasteiger charge is 2.12. The molecule has 0 radical (unpaired) electrons. The van der Waals surface area contributed by atoms with Crippen molar-refractivity contribution in [3.05, 3.63) is 87.7 Å². The second kappa shape index (κ2) is 8.09. The summed E-state index contributed by atoms with van der Waals surface area (Å²) in [5.74, 6) is -0.191. The lowest BCUT2D eigenvalue weighted by atomic mass is 10.0. The van der Waals surface area contributed by atoms with Crippen LogP contribution in [0.5, 0.6) is 0 Å². The minimum Gasteiger partial charge on any atom is -0.460 e. The third-order valence-electron chi connectivity index (χ3n) is 4.27. The summed E-state index contributed by atoms with van der Waals surface area (Å²) in [6, 6.07) is 20.1. The van der Waals surface area contributed by atoms with E-state index >= 15 is 0 Å². The molecule has 4 nitrogen and oxygen atoms in total. The first-order chi connectivity index (χ1) is 13.6. The van der Waals surface area contributed by atoms with E-state index in [-0.39, 0.29) is 18.3 Å². The highest BCUT2D eigenvalue weighted by atomic mass is 35.5. The van der Waals surface area contributed by atoms with Gasteiger partial charge in [0.2, 0.25) is 0 Å². The molecule has 0 aliphatic carbocycles. The lowest BCUT2D eigenvalue weighted by molar-refractivity contribution is -0.141. The molecule has 0 saturated carbocycles. The van der Waals surface area contributed by atoms with Crippen molar-refractivity contribution >= 4 is 51.1 Å². The fourth-order valence-electron chi connectivity index (χ4n) is 3.01. The molecule has 4 aromatic rings. The van der Waals surface area contributed by atoms with E-state index in [4.69, 9.17) is 20.8 Å². The minimum absolute atomic E-state index is 0.0100. The Morgan fingerprint density at radius 3 is 2.64 bits per heavy atom. The van der Waals surface area contributed by atoms with Crippen LogP contribution in [0, 0.1) is 0 Å². The summed E-state index contributed by atoms with van der Waals surface area (Å²) in [4.78, 5) is 25.0. The average molecular weight is 411 g/mol. The third-order valence-corrected chi connectivity index (χ3v) is 5.51. The maximum absolute atomic E-state index is 12.2. The number of carbonyl (C=O) groups excluding carboxylic acids is 1. The fourth-order valence-corrected chi connectivity index (χ4v) is 3.83. The zero-order chi connectivity index (χ0) is 19.5. The number of benzene rings is 3. The Labute approximate surface area is 170 Å². The van der Waals surface area contributed by atoms with Gasteiger partial charge in [0.05, 0.1) is 5.75 Å². The van der Waals surface area contributed by atoms with Gasteiger partial charge in [0.25, 0.3) is 0 Å². The number of thioether (sulfide) groups is 1. The van der Waals surface area contributed by atoms with Crippen LogP contribution >= 0.6 is 23.4 Å². The van der Waals surface area contributed by atoms with Gasteiger partial charge in [-0.05, 0) is 41.1 Å². The Hall–Kier alpha value is -2.76. The molecule has 0 aliphatic rings. The molecule has 1 aromatic heterocycles. The summed E-state index contributed by atoms with van der Waals surface area (Å²) in [6.45, 7) is 0.0100. The predicted octanol–water partition coefficient (Wildman–Crippen LogP) is 5.44. The zero-order valence-corrected chi connectivity index (χ0v) is 16.3. The molecule has 1 heterocycles. The Balaban J connectivity index is 1.54. The summed E-state index contributed by atoms with van der Waals surface area (Å²) < 4.78 is 10.7. The first-order valence-electron chi connectivity index (χ1n) is 8.58. The summed E-state index contributed by atoms with van der Waals surface area (Å²) >= 11 is 7.23. The van der Waals surface area contributed by atoms with E-state index in [2.05, 4.69) is 0 Å². The van der Waals surface area contributed by atoms with Crippen molar-refractivity contribution in [2.75, 3.05) is 5.75 Å². The fraction of sp³-hybridized carbons (Fsp3) is 0.0909. The van der Waals surface area contributed by atoms with Crippen LogP contribution in [0.1, 0.15) is 5.56 Å². The number of esters is 1. The Kier molecular flexibility index (Phi) is 5.37. The normalized spacial score (nSPS) is 11.0. The Morgan fingerprint density at radius 2 is 1.82 bits per heavy atom. The number of hydrogen-bond acceptors (Lipinski definition) is 5. The van der Waals surface area contributed by atoms with Crippen molar-refractivity contribution in [3.8, 4) is 0 Å². The van der Waals surface area contributed by atoms with Gasteiger partial charge < -0.3 is 9.15 Å². The van der Waals surface area contributed by atoms with Crippen molar-refractivity contribution in [2.24, 2.45) is 0 Å². The Bertz CT molecular complexity index is 1210. The number of fused-ring (bicyclic) bond motifs is 3. The SMILES string of the molecule is O=C(CSc1ccc(Cl)cc1)OCc1cc(=O)oc2ccc3ccccc3c12. The first-order valence-corrected chi connectivity index (χ1v) is 9.95. The highest BCUT2D eigenvalue weighted by Crippen LogP contribution is 2.28.